The normalized spacial score (nSPS) is 12.0. The number of anilines is 1. The monoisotopic (exact) mass is 285 g/mol. The molecule has 1 atom stereocenters. The molecule has 1 unspecified atom stereocenters. The van der Waals surface area contributed by atoms with Crippen molar-refractivity contribution in [1.82, 2.24) is 0 Å². The van der Waals surface area contributed by atoms with E-state index in [0.717, 1.165) is 5.57 Å². The third kappa shape index (κ3) is 4.56. The van der Waals surface area contributed by atoms with Crippen LogP contribution in [0.4, 0.5) is 10.1 Å². The van der Waals surface area contributed by atoms with Crippen molar-refractivity contribution in [3.8, 4) is 0 Å². The molecule has 0 fully saturated rings. The number of aliphatic carboxylic acids is 1. The zero-order valence-corrected chi connectivity index (χ0v) is 11.7. The summed E-state index contributed by atoms with van der Waals surface area (Å²) in [5.74, 6) is -1.91. The Morgan fingerprint density at radius 2 is 2.21 bits per heavy atom. The minimum Gasteiger partial charge on any atom is -0.481 e. The summed E-state index contributed by atoms with van der Waals surface area (Å²) in [5.41, 5.74) is 1.57. The van der Waals surface area contributed by atoms with Gasteiger partial charge in [-0.2, -0.15) is 0 Å². The minimum atomic E-state index is -0.875. The van der Waals surface area contributed by atoms with Gasteiger partial charge in [0.25, 0.3) is 0 Å². The first-order valence-electron chi connectivity index (χ1n) is 5.88. The van der Waals surface area contributed by atoms with Gasteiger partial charge in [-0.1, -0.05) is 30.7 Å². The van der Waals surface area contributed by atoms with E-state index in [-0.39, 0.29) is 5.02 Å². The zero-order valence-electron chi connectivity index (χ0n) is 11.0. The van der Waals surface area contributed by atoms with Crippen molar-refractivity contribution in [2.24, 2.45) is 5.92 Å². The number of halogens is 2. The van der Waals surface area contributed by atoms with Crippen LogP contribution in [0.1, 0.15) is 13.8 Å². The van der Waals surface area contributed by atoms with Gasteiger partial charge < -0.3 is 10.0 Å². The average Bonchev–Trinajstić information content (AvgIpc) is 2.31. The van der Waals surface area contributed by atoms with Crippen molar-refractivity contribution in [3.63, 3.8) is 0 Å². The van der Waals surface area contributed by atoms with Crippen LogP contribution >= 0.6 is 11.6 Å². The van der Waals surface area contributed by atoms with Crippen molar-refractivity contribution in [3.05, 3.63) is 41.2 Å². The van der Waals surface area contributed by atoms with Crippen LogP contribution in [0.2, 0.25) is 5.02 Å². The summed E-state index contributed by atoms with van der Waals surface area (Å²) in [6, 6.07) is 4.35. The maximum absolute atomic E-state index is 13.2. The minimum absolute atomic E-state index is 0.0205. The Labute approximate surface area is 117 Å². The summed E-state index contributed by atoms with van der Waals surface area (Å²) in [6.45, 7) is 8.10. The Kier molecular flexibility index (Phi) is 5.36. The molecule has 0 aromatic heterocycles. The predicted molar refractivity (Wildman–Crippen MR) is 75.2 cm³/mol. The maximum atomic E-state index is 13.2. The van der Waals surface area contributed by atoms with Gasteiger partial charge in [0.2, 0.25) is 0 Å². The second-order valence-corrected chi connectivity index (χ2v) is 5.08. The number of rotatable bonds is 6. The van der Waals surface area contributed by atoms with Crippen molar-refractivity contribution in [2.75, 3.05) is 18.0 Å². The summed E-state index contributed by atoms with van der Waals surface area (Å²) in [5, 5.41) is 9.00. The highest BCUT2D eigenvalue weighted by Crippen LogP contribution is 2.24. The van der Waals surface area contributed by atoms with E-state index in [4.69, 9.17) is 16.7 Å². The molecule has 19 heavy (non-hydrogen) atoms. The number of benzene rings is 1. The van der Waals surface area contributed by atoms with E-state index in [1.165, 1.54) is 12.1 Å². The SMILES string of the molecule is C=C(C)CN(CC(C)C(=O)O)c1ccc(F)c(Cl)c1. The van der Waals surface area contributed by atoms with E-state index >= 15 is 0 Å². The molecule has 0 saturated carbocycles. The van der Waals surface area contributed by atoms with Crippen molar-refractivity contribution in [1.29, 1.82) is 0 Å². The second kappa shape index (κ2) is 6.57. The van der Waals surface area contributed by atoms with Gasteiger partial charge in [0.1, 0.15) is 5.82 Å². The number of carboxylic acids is 1. The molecule has 0 aliphatic carbocycles. The van der Waals surface area contributed by atoms with Crippen LogP contribution < -0.4 is 4.90 Å². The Morgan fingerprint density at radius 3 is 2.68 bits per heavy atom. The van der Waals surface area contributed by atoms with Crippen molar-refractivity contribution in [2.45, 2.75) is 13.8 Å². The van der Waals surface area contributed by atoms with Crippen molar-refractivity contribution >= 4 is 23.3 Å². The molecular formula is C14H17ClFNO2. The Morgan fingerprint density at radius 1 is 1.58 bits per heavy atom. The first kappa shape index (κ1) is 15.5. The van der Waals surface area contributed by atoms with E-state index < -0.39 is 17.7 Å². The van der Waals surface area contributed by atoms with Gasteiger partial charge in [-0.25, -0.2) is 4.39 Å². The van der Waals surface area contributed by atoms with Crippen LogP contribution in [0.5, 0.6) is 0 Å². The molecule has 0 radical (unpaired) electrons. The van der Waals surface area contributed by atoms with Gasteiger partial charge in [0.15, 0.2) is 0 Å². The van der Waals surface area contributed by atoms with Gasteiger partial charge in [-0.3, -0.25) is 4.79 Å². The molecule has 0 aliphatic rings. The Balaban J connectivity index is 2.98. The summed E-state index contributed by atoms with van der Waals surface area (Å²) >= 11 is 5.75. The van der Waals surface area contributed by atoms with Gasteiger partial charge in [0.05, 0.1) is 10.9 Å². The van der Waals surface area contributed by atoms with Gasteiger partial charge in [-0.15, -0.1) is 0 Å². The zero-order chi connectivity index (χ0) is 14.6. The third-order valence-electron chi connectivity index (χ3n) is 2.64. The van der Waals surface area contributed by atoms with Crippen LogP contribution in [0.15, 0.2) is 30.4 Å². The number of hydrogen-bond donors (Lipinski definition) is 1. The van der Waals surface area contributed by atoms with Gasteiger partial charge in [0, 0.05) is 18.8 Å². The van der Waals surface area contributed by atoms with E-state index in [1.807, 2.05) is 11.8 Å². The van der Waals surface area contributed by atoms with Crippen molar-refractivity contribution < 1.29 is 14.3 Å². The van der Waals surface area contributed by atoms with Crippen LogP contribution in [0.25, 0.3) is 0 Å². The van der Waals surface area contributed by atoms with E-state index in [2.05, 4.69) is 6.58 Å². The lowest BCUT2D eigenvalue weighted by molar-refractivity contribution is -0.140. The Bertz CT molecular complexity index is 490. The van der Waals surface area contributed by atoms with E-state index in [1.54, 1.807) is 13.0 Å². The highest BCUT2D eigenvalue weighted by atomic mass is 35.5. The fourth-order valence-corrected chi connectivity index (χ4v) is 1.85. The topological polar surface area (TPSA) is 40.5 Å². The van der Waals surface area contributed by atoms with Gasteiger partial charge in [-0.05, 0) is 25.1 Å². The van der Waals surface area contributed by atoms with E-state index in [9.17, 15) is 9.18 Å². The molecule has 3 nitrogen and oxygen atoms in total. The largest absolute Gasteiger partial charge is 0.481 e. The summed E-state index contributed by atoms with van der Waals surface area (Å²) < 4.78 is 13.2. The summed E-state index contributed by atoms with van der Waals surface area (Å²) in [6.07, 6.45) is 0. The molecule has 1 rings (SSSR count). The van der Waals surface area contributed by atoms with Crippen LogP contribution in [0.3, 0.4) is 0 Å². The molecule has 5 heteroatoms. The van der Waals surface area contributed by atoms with Crippen LogP contribution in [-0.4, -0.2) is 24.2 Å². The molecule has 1 aromatic carbocycles. The molecule has 0 spiro atoms. The van der Waals surface area contributed by atoms with Gasteiger partial charge >= 0.3 is 5.97 Å². The lowest BCUT2D eigenvalue weighted by atomic mass is 10.1. The lowest BCUT2D eigenvalue weighted by Gasteiger charge is -2.27. The molecule has 1 aromatic rings. The second-order valence-electron chi connectivity index (χ2n) is 4.68. The van der Waals surface area contributed by atoms with Crippen LogP contribution in [0, 0.1) is 11.7 Å². The fourth-order valence-electron chi connectivity index (χ4n) is 1.68. The highest BCUT2D eigenvalue weighted by Gasteiger charge is 2.17. The number of carbonyl (C=O) groups is 1. The molecule has 104 valence electrons. The average molecular weight is 286 g/mol. The molecule has 0 aliphatic heterocycles. The molecule has 0 heterocycles. The summed E-state index contributed by atoms with van der Waals surface area (Å²) in [7, 11) is 0. The highest BCUT2D eigenvalue weighted by molar-refractivity contribution is 6.31. The lowest BCUT2D eigenvalue weighted by Crippen LogP contribution is -2.33. The number of nitrogens with zero attached hydrogens (tertiary/aromatic N) is 1. The van der Waals surface area contributed by atoms with E-state index in [0.29, 0.717) is 18.8 Å². The maximum Gasteiger partial charge on any atom is 0.308 e. The third-order valence-corrected chi connectivity index (χ3v) is 2.93. The molecule has 0 bridgehead atoms. The molecule has 0 amide bonds. The standard InChI is InChI=1S/C14H17ClFNO2/c1-9(2)7-17(8-10(3)14(18)19)11-4-5-13(16)12(15)6-11/h4-6,10H,1,7-8H2,2-3H3,(H,18,19). The molecule has 1 N–H and O–H groups in total. The quantitative estimate of drug-likeness (QED) is 0.812. The van der Waals surface area contributed by atoms with Crippen LogP contribution in [-0.2, 0) is 4.79 Å². The molecular weight excluding hydrogens is 269 g/mol. The first-order valence-corrected chi connectivity index (χ1v) is 6.26. The fraction of sp³-hybridized carbons (Fsp3) is 0.357. The smallest absolute Gasteiger partial charge is 0.308 e. The summed E-state index contributed by atoms with van der Waals surface area (Å²) in [4.78, 5) is 12.8. The Hall–Kier alpha value is -1.55. The number of carboxylic acid groups (broad SMARTS) is 1. The predicted octanol–water partition coefficient (Wildman–Crippen LogP) is 3.58. The molecule has 0 saturated heterocycles. The number of hydrogen-bond acceptors (Lipinski definition) is 2. The first-order chi connectivity index (χ1) is 8.81.